The lowest BCUT2D eigenvalue weighted by molar-refractivity contribution is -0.268. The van der Waals surface area contributed by atoms with Crippen LogP contribution in [0.3, 0.4) is 0 Å². The molecule has 2 heterocycles. The van der Waals surface area contributed by atoms with Gasteiger partial charge in [0.1, 0.15) is 6.33 Å². The van der Waals surface area contributed by atoms with Crippen LogP contribution in [0.25, 0.3) is 11.1 Å². The van der Waals surface area contributed by atoms with Crippen molar-refractivity contribution < 1.29 is 29.3 Å². The fourth-order valence-electron chi connectivity index (χ4n) is 5.33. The number of aliphatic carboxylic acids is 1. The normalized spacial score (nSPS) is 19.7. The number of rotatable bonds is 13. The molecule has 3 aromatic carbocycles. The Hall–Kier alpha value is -4.03. The number of aliphatic hydroxyl groups is 1. The summed E-state index contributed by atoms with van der Waals surface area (Å²) in [5.74, 6) is -0.354. The third-order valence-corrected chi connectivity index (χ3v) is 9.07. The van der Waals surface area contributed by atoms with E-state index in [0.717, 1.165) is 38.5 Å². The molecular weight excluding hydrogens is 592 g/mol. The molecule has 1 aliphatic rings. The summed E-state index contributed by atoms with van der Waals surface area (Å²) in [5.41, 5.74) is 5.71. The number of nitrogens with one attached hydrogen (secondary N) is 1. The fourth-order valence-corrected chi connectivity index (χ4v) is 6.38. The first kappa shape index (κ1) is 32.4. The van der Waals surface area contributed by atoms with Crippen molar-refractivity contribution in [1.82, 2.24) is 20.1 Å². The zero-order chi connectivity index (χ0) is 31.8. The molecule has 4 aromatic rings. The Kier molecular flexibility index (Phi) is 11.0. The Bertz CT molecular complexity index is 1580. The van der Waals surface area contributed by atoms with E-state index >= 15 is 0 Å². The van der Waals surface area contributed by atoms with Crippen LogP contribution in [-0.2, 0) is 39.3 Å². The van der Waals surface area contributed by atoms with Crippen LogP contribution in [-0.4, -0.2) is 48.7 Å². The summed E-state index contributed by atoms with van der Waals surface area (Å²) in [6, 6.07) is 23.8. The second-order valence-corrected chi connectivity index (χ2v) is 12.1. The standard InChI is InChI=1S/C34H38N4O6S/c1-22-29(20-45-34-37-36-21-38(34)2)43-33(44-32(22)25-12-10-23(19-39)11-13-25)26-16-14-24(15-17-26)28-7-4-3-6-27(28)18-35-30(40)8-5-9-31(41)42/h3-4,6-7,10-17,21-22,29,32-33,39H,5,8-9,18-20H2,1-2H3,(H,35,40)(H,41,42). The van der Waals surface area contributed by atoms with Crippen LogP contribution in [0.15, 0.2) is 84.3 Å². The summed E-state index contributed by atoms with van der Waals surface area (Å²) in [6.45, 7) is 2.46. The van der Waals surface area contributed by atoms with E-state index in [1.807, 2.05) is 84.4 Å². The third-order valence-electron chi connectivity index (χ3n) is 7.95. The maximum Gasteiger partial charge on any atom is 0.303 e. The molecule has 236 valence electrons. The topological polar surface area (TPSA) is 136 Å². The van der Waals surface area contributed by atoms with Crippen molar-refractivity contribution in [2.75, 3.05) is 5.75 Å². The second kappa shape index (κ2) is 15.3. The summed E-state index contributed by atoms with van der Waals surface area (Å²) >= 11 is 1.60. The minimum atomic E-state index is -0.904. The van der Waals surface area contributed by atoms with Crippen LogP contribution in [0.4, 0.5) is 0 Å². The first-order chi connectivity index (χ1) is 21.8. The van der Waals surface area contributed by atoms with E-state index in [1.165, 1.54) is 0 Å². The molecule has 0 saturated carbocycles. The molecule has 10 nitrogen and oxygen atoms in total. The van der Waals surface area contributed by atoms with Gasteiger partial charge in [-0.05, 0) is 34.2 Å². The van der Waals surface area contributed by atoms with Gasteiger partial charge in [-0.15, -0.1) is 10.2 Å². The minimum Gasteiger partial charge on any atom is -0.481 e. The van der Waals surface area contributed by atoms with Crippen molar-refractivity contribution in [3.05, 3.63) is 101 Å². The number of benzene rings is 3. The van der Waals surface area contributed by atoms with E-state index in [0.29, 0.717) is 18.7 Å². The molecule has 1 amide bonds. The van der Waals surface area contributed by atoms with Gasteiger partial charge in [0.2, 0.25) is 5.91 Å². The first-order valence-corrected chi connectivity index (χ1v) is 15.9. The fraction of sp³-hybridized carbons (Fsp3) is 0.353. The van der Waals surface area contributed by atoms with Crippen LogP contribution in [0.2, 0.25) is 0 Å². The number of ether oxygens (including phenoxy) is 2. The van der Waals surface area contributed by atoms with E-state index in [1.54, 1.807) is 18.1 Å². The van der Waals surface area contributed by atoms with Crippen molar-refractivity contribution in [3.8, 4) is 11.1 Å². The number of nitrogens with zero attached hydrogens (tertiary/aromatic N) is 3. The van der Waals surface area contributed by atoms with Crippen LogP contribution >= 0.6 is 11.8 Å². The van der Waals surface area contributed by atoms with Gasteiger partial charge in [0.15, 0.2) is 11.4 Å². The Labute approximate surface area is 266 Å². The molecule has 1 fully saturated rings. The number of thioether (sulfide) groups is 1. The van der Waals surface area contributed by atoms with E-state index in [9.17, 15) is 14.7 Å². The monoisotopic (exact) mass is 630 g/mol. The van der Waals surface area contributed by atoms with Gasteiger partial charge in [-0.1, -0.05) is 91.5 Å². The summed E-state index contributed by atoms with van der Waals surface area (Å²) in [7, 11) is 1.92. The molecule has 1 aliphatic heterocycles. The maximum atomic E-state index is 12.3. The van der Waals surface area contributed by atoms with Crippen molar-refractivity contribution in [2.45, 2.75) is 63.0 Å². The zero-order valence-corrected chi connectivity index (χ0v) is 26.2. The Morgan fingerprint density at radius 2 is 1.71 bits per heavy atom. The third kappa shape index (κ3) is 8.37. The highest BCUT2D eigenvalue weighted by atomic mass is 32.2. The molecule has 0 bridgehead atoms. The molecule has 4 unspecified atom stereocenters. The van der Waals surface area contributed by atoms with Gasteiger partial charge in [-0.25, -0.2) is 0 Å². The number of amides is 1. The number of aryl methyl sites for hydroxylation is 1. The SMILES string of the molecule is CC1C(CSc2nncn2C)OC(c2ccc(-c3ccccc3CNC(=O)CCCC(=O)O)cc2)OC1c1ccc(CO)cc1. The number of hydrogen-bond donors (Lipinski definition) is 3. The highest BCUT2D eigenvalue weighted by molar-refractivity contribution is 7.99. The van der Waals surface area contributed by atoms with Crippen LogP contribution in [0, 0.1) is 5.92 Å². The number of aromatic nitrogens is 3. The lowest BCUT2D eigenvalue weighted by Gasteiger charge is -2.41. The number of hydrogen-bond acceptors (Lipinski definition) is 8. The summed E-state index contributed by atoms with van der Waals surface area (Å²) in [6.07, 6.45) is 1.19. The molecule has 11 heteroatoms. The van der Waals surface area contributed by atoms with Gasteiger partial charge in [-0.2, -0.15) is 0 Å². The summed E-state index contributed by atoms with van der Waals surface area (Å²) in [4.78, 5) is 23.0. The molecule has 45 heavy (non-hydrogen) atoms. The van der Waals surface area contributed by atoms with Gasteiger partial charge in [-0.3, -0.25) is 9.59 Å². The minimum absolute atomic E-state index is 0.0152. The summed E-state index contributed by atoms with van der Waals surface area (Å²) in [5, 5.41) is 30.3. The highest BCUT2D eigenvalue weighted by Crippen LogP contribution is 2.43. The van der Waals surface area contributed by atoms with E-state index in [4.69, 9.17) is 14.6 Å². The van der Waals surface area contributed by atoms with Crippen molar-refractivity contribution in [2.24, 2.45) is 13.0 Å². The molecule has 0 spiro atoms. The molecule has 0 aliphatic carbocycles. The quantitative estimate of drug-likeness (QED) is 0.165. The molecule has 3 N–H and O–H groups in total. The summed E-state index contributed by atoms with van der Waals surface area (Å²) < 4.78 is 15.1. The van der Waals surface area contributed by atoms with E-state index < -0.39 is 12.3 Å². The van der Waals surface area contributed by atoms with Crippen molar-refractivity contribution in [3.63, 3.8) is 0 Å². The molecule has 0 radical (unpaired) electrons. The Balaban J connectivity index is 1.32. The highest BCUT2D eigenvalue weighted by Gasteiger charge is 2.38. The Morgan fingerprint density at radius 1 is 0.978 bits per heavy atom. The molecule has 1 aromatic heterocycles. The largest absolute Gasteiger partial charge is 0.481 e. The predicted molar refractivity (Wildman–Crippen MR) is 170 cm³/mol. The smallest absolute Gasteiger partial charge is 0.303 e. The van der Waals surface area contributed by atoms with Crippen LogP contribution < -0.4 is 5.32 Å². The number of aliphatic hydroxyl groups excluding tert-OH is 1. The molecule has 4 atom stereocenters. The molecular formula is C34H38N4O6S. The average Bonchev–Trinajstić information content (AvgIpc) is 3.47. The van der Waals surface area contributed by atoms with Gasteiger partial charge in [0, 0.05) is 43.7 Å². The van der Waals surface area contributed by atoms with Gasteiger partial charge < -0.3 is 29.6 Å². The number of carbonyl (C=O) groups is 2. The lowest BCUT2D eigenvalue weighted by atomic mass is 9.91. The van der Waals surface area contributed by atoms with Crippen molar-refractivity contribution >= 4 is 23.6 Å². The number of carbonyl (C=O) groups excluding carboxylic acids is 1. The first-order valence-electron chi connectivity index (χ1n) is 15.0. The number of carboxylic acids is 1. The van der Waals surface area contributed by atoms with Crippen molar-refractivity contribution in [1.29, 1.82) is 0 Å². The van der Waals surface area contributed by atoms with Crippen LogP contribution in [0.1, 0.15) is 60.8 Å². The molecule has 1 saturated heterocycles. The average molecular weight is 631 g/mol. The van der Waals surface area contributed by atoms with Gasteiger partial charge in [0.05, 0.1) is 18.8 Å². The lowest BCUT2D eigenvalue weighted by Crippen LogP contribution is -2.38. The predicted octanol–water partition coefficient (Wildman–Crippen LogP) is 5.43. The molecule has 5 rings (SSSR count). The zero-order valence-electron chi connectivity index (χ0n) is 25.3. The van der Waals surface area contributed by atoms with Gasteiger partial charge in [0.25, 0.3) is 0 Å². The maximum absolute atomic E-state index is 12.3. The van der Waals surface area contributed by atoms with Gasteiger partial charge >= 0.3 is 5.97 Å². The van der Waals surface area contributed by atoms with E-state index in [-0.39, 0.29) is 43.5 Å². The Morgan fingerprint density at radius 3 is 2.40 bits per heavy atom. The van der Waals surface area contributed by atoms with Crippen LogP contribution in [0.5, 0.6) is 0 Å². The second-order valence-electron chi connectivity index (χ2n) is 11.2. The van der Waals surface area contributed by atoms with E-state index in [2.05, 4.69) is 22.4 Å². The number of carboxylic acid groups (broad SMARTS) is 1.